The number of aromatic nitrogens is 2. The number of para-hydroxylation sites is 1. The molecule has 1 aromatic carbocycles. The van der Waals surface area contributed by atoms with E-state index in [4.69, 9.17) is 33.0 Å². The van der Waals surface area contributed by atoms with Crippen LogP contribution in [0.15, 0.2) is 30.3 Å². The molecule has 2 rings (SSSR count). The van der Waals surface area contributed by atoms with Crippen LogP contribution in [-0.2, 0) is 19.7 Å². The molecular weight excluding hydrogens is 427 g/mol. The molecule has 2 amide bonds. The lowest BCUT2D eigenvalue weighted by Crippen LogP contribution is -2.42. The van der Waals surface area contributed by atoms with Crippen LogP contribution < -0.4 is 5.32 Å². The van der Waals surface area contributed by atoms with Gasteiger partial charge in [0.25, 0.3) is 5.91 Å². The van der Waals surface area contributed by atoms with E-state index in [2.05, 4.69) is 26.1 Å². The minimum atomic E-state index is -1.25. The summed E-state index contributed by atoms with van der Waals surface area (Å²) >= 11 is 11.4. The molecule has 0 saturated carbocycles. The fraction of sp³-hybridized carbons (Fsp3) is 0.476. The summed E-state index contributed by atoms with van der Waals surface area (Å²) in [5, 5.41) is 7.59. The van der Waals surface area contributed by atoms with Crippen LogP contribution in [-0.4, -0.2) is 58.1 Å². The second kappa shape index (κ2) is 10.3. The zero-order valence-electron chi connectivity index (χ0n) is 17.9. The van der Waals surface area contributed by atoms with Gasteiger partial charge >= 0.3 is 0 Å². The Bertz CT molecular complexity index is 891. The van der Waals surface area contributed by atoms with Crippen LogP contribution >= 0.6 is 23.2 Å². The third-order valence-corrected chi connectivity index (χ3v) is 4.86. The van der Waals surface area contributed by atoms with Crippen molar-refractivity contribution in [2.24, 2.45) is 0 Å². The zero-order valence-corrected chi connectivity index (χ0v) is 19.4. The molecule has 1 heterocycles. The van der Waals surface area contributed by atoms with Crippen LogP contribution in [0.4, 0.5) is 5.82 Å². The number of alkyl halides is 2. The Balaban J connectivity index is 2.31. The molecule has 0 radical (unpaired) electrons. The Hall–Kier alpha value is -2.09. The van der Waals surface area contributed by atoms with Gasteiger partial charge in [-0.25, -0.2) is 4.68 Å². The number of rotatable bonds is 8. The van der Waals surface area contributed by atoms with E-state index >= 15 is 0 Å². The van der Waals surface area contributed by atoms with Crippen molar-refractivity contribution in [3.05, 3.63) is 41.6 Å². The summed E-state index contributed by atoms with van der Waals surface area (Å²) in [6.45, 7) is 8.38. The van der Waals surface area contributed by atoms with Gasteiger partial charge in [-0.3, -0.25) is 9.59 Å². The third-order valence-electron chi connectivity index (χ3n) is 4.49. The minimum absolute atomic E-state index is 0.197. The SMILES string of the molecule is COCCN(CC(=O)Nc1cc(C(C)(C)C)nn1-c1ccccc1C)C(=O)C(Cl)Cl. The number of amides is 2. The first-order chi connectivity index (χ1) is 14.0. The number of aryl methyl sites for hydroxylation is 1. The van der Waals surface area contributed by atoms with E-state index in [0.717, 1.165) is 16.9 Å². The van der Waals surface area contributed by atoms with Gasteiger partial charge in [0.15, 0.2) is 4.84 Å². The molecule has 2 aromatic rings. The molecule has 0 aliphatic heterocycles. The third kappa shape index (κ3) is 6.20. The number of anilines is 1. The molecule has 0 unspecified atom stereocenters. The quantitative estimate of drug-likeness (QED) is 0.616. The number of carbonyl (C=O) groups excluding carboxylic acids is 2. The molecule has 30 heavy (non-hydrogen) atoms. The van der Waals surface area contributed by atoms with Gasteiger partial charge in [-0.05, 0) is 18.6 Å². The second-order valence-electron chi connectivity index (χ2n) is 7.96. The van der Waals surface area contributed by atoms with E-state index in [1.807, 2.05) is 37.3 Å². The van der Waals surface area contributed by atoms with Crippen molar-refractivity contribution in [3.8, 4) is 5.69 Å². The van der Waals surface area contributed by atoms with Crippen molar-refractivity contribution in [2.45, 2.75) is 37.9 Å². The Morgan fingerprint density at radius 2 is 1.93 bits per heavy atom. The molecule has 0 aliphatic carbocycles. The van der Waals surface area contributed by atoms with Gasteiger partial charge in [-0.1, -0.05) is 62.2 Å². The second-order valence-corrected chi connectivity index (χ2v) is 9.06. The monoisotopic (exact) mass is 454 g/mol. The summed E-state index contributed by atoms with van der Waals surface area (Å²) in [7, 11) is 1.51. The van der Waals surface area contributed by atoms with Gasteiger partial charge in [0.1, 0.15) is 12.4 Å². The number of nitrogens with one attached hydrogen (secondary N) is 1. The van der Waals surface area contributed by atoms with Gasteiger partial charge in [0, 0.05) is 25.1 Å². The highest BCUT2D eigenvalue weighted by Crippen LogP contribution is 2.27. The van der Waals surface area contributed by atoms with Crippen molar-refractivity contribution in [3.63, 3.8) is 0 Å². The van der Waals surface area contributed by atoms with Crippen molar-refractivity contribution in [1.29, 1.82) is 0 Å². The van der Waals surface area contributed by atoms with Crippen molar-refractivity contribution in [2.75, 3.05) is 32.1 Å². The van der Waals surface area contributed by atoms with Gasteiger partial charge in [0.2, 0.25) is 5.91 Å². The van der Waals surface area contributed by atoms with E-state index in [9.17, 15) is 9.59 Å². The highest BCUT2D eigenvalue weighted by atomic mass is 35.5. The predicted molar refractivity (Wildman–Crippen MR) is 120 cm³/mol. The topological polar surface area (TPSA) is 76.5 Å². The summed E-state index contributed by atoms with van der Waals surface area (Å²) in [4.78, 5) is 25.0. The lowest BCUT2D eigenvalue weighted by atomic mass is 9.92. The smallest absolute Gasteiger partial charge is 0.256 e. The van der Waals surface area contributed by atoms with Gasteiger partial charge < -0.3 is 15.0 Å². The molecule has 164 valence electrons. The van der Waals surface area contributed by atoms with E-state index in [0.29, 0.717) is 5.82 Å². The molecule has 0 fully saturated rings. The van der Waals surface area contributed by atoms with Crippen molar-refractivity contribution >= 4 is 40.8 Å². The molecule has 1 aromatic heterocycles. The highest BCUT2D eigenvalue weighted by Gasteiger charge is 2.25. The Morgan fingerprint density at radius 3 is 2.50 bits per heavy atom. The summed E-state index contributed by atoms with van der Waals surface area (Å²) in [6.07, 6.45) is 0. The number of hydrogen-bond acceptors (Lipinski definition) is 4. The Morgan fingerprint density at radius 1 is 1.27 bits per heavy atom. The van der Waals surface area contributed by atoms with Gasteiger partial charge in [-0.15, -0.1) is 0 Å². The maximum absolute atomic E-state index is 12.8. The minimum Gasteiger partial charge on any atom is -0.383 e. The van der Waals surface area contributed by atoms with Crippen LogP contribution in [0.1, 0.15) is 32.0 Å². The van der Waals surface area contributed by atoms with E-state index < -0.39 is 10.7 Å². The Labute approximate surface area is 187 Å². The average Bonchev–Trinajstić information content (AvgIpc) is 3.08. The number of halogens is 2. The van der Waals surface area contributed by atoms with E-state index in [1.54, 1.807) is 4.68 Å². The van der Waals surface area contributed by atoms with Gasteiger partial charge in [-0.2, -0.15) is 5.10 Å². The number of hydrogen-bond donors (Lipinski definition) is 1. The fourth-order valence-corrected chi connectivity index (χ4v) is 3.06. The molecule has 0 bridgehead atoms. The Kier molecular flexibility index (Phi) is 8.29. The molecular formula is C21H28Cl2N4O3. The summed E-state index contributed by atoms with van der Waals surface area (Å²) in [5.41, 5.74) is 2.49. The normalized spacial score (nSPS) is 11.6. The number of methoxy groups -OCH3 is 1. The lowest BCUT2D eigenvalue weighted by Gasteiger charge is -2.22. The largest absolute Gasteiger partial charge is 0.383 e. The number of benzene rings is 1. The van der Waals surface area contributed by atoms with Crippen LogP contribution in [0.25, 0.3) is 5.69 Å². The first-order valence-electron chi connectivity index (χ1n) is 9.57. The lowest BCUT2D eigenvalue weighted by molar-refractivity contribution is -0.133. The van der Waals surface area contributed by atoms with Crippen molar-refractivity contribution in [1.82, 2.24) is 14.7 Å². The number of nitrogens with zero attached hydrogens (tertiary/aromatic N) is 3. The van der Waals surface area contributed by atoms with Crippen molar-refractivity contribution < 1.29 is 14.3 Å². The molecule has 7 nitrogen and oxygen atoms in total. The van der Waals surface area contributed by atoms with Crippen LogP contribution in [0, 0.1) is 6.92 Å². The number of carbonyl (C=O) groups is 2. The highest BCUT2D eigenvalue weighted by molar-refractivity contribution is 6.53. The van der Waals surface area contributed by atoms with E-state index in [1.165, 1.54) is 12.0 Å². The molecule has 1 N–H and O–H groups in total. The maximum atomic E-state index is 12.8. The first kappa shape index (κ1) is 24.2. The predicted octanol–water partition coefficient (Wildman–Crippen LogP) is 3.70. The molecule has 0 aliphatic rings. The fourth-order valence-electron chi connectivity index (χ4n) is 2.78. The zero-order chi connectivity index (χ0) is 22.5. The summed E-state index contributed by atoms with van der Waals surface area (Å²) in [5.74, 6) is -0.413. The first-order valence-corrected chi connectivity index (χ1v) is 10.4. The van der Waals surface area contributed by atoms with E-state index in [-0.39, 0.29) is 31.0 Å². The number of ether oxygens (including phenoxy) is 1. The average molecular weight is 455 g/mol. The van der Waals surface area contributed by atoms with Crippen LogP contribution in [0.3, 0.4) is 0 Å². The summed E-state index contributed by atoms with van der Waals surface area (Å²) < 4.78 is 6.72. The van der Waals surface area contributed by atoms with Gasteiger partial charge in [0.05, 0.1) is 18.0 Å². The molecule has 0 saturated heterocycles. The molecule has 0 spiro atoms. The van der Waals surface area contributed by atoms with Crippen LogP contribution in [0.2, 0.25) is 0 Å². The summed E-state index contributed by atoms with van der Waals surface area (Å²) in [6, 6.07) is 9.62. The molecule has 9 heteroatoms. The van der Waals surface area contributed by atoms with Crippen LogP contribution in [0.5, 0.6) is 0 Å². The maximum Gasteiger partial charge on any atom is 0.256 e. The molecule has 0 atom stereocenters. The standard InChI is InChI=1S/C21H28Cl2N4O3/c1-14-8-6-7-9-15(14)27-17(12-16(25-27)21(2,3)4)24-18(28)13-26(10-11-30-5)20(29)19(22)23/h6-9,12,19H,10-11,13H2,1-5H3,(H,24,28).